The molecule has 0 radical (unpaired) electrons. The van der Waals surface area contributed by atoms with E-state index in [9.17, 15) is 9.59 Å². The van der Waals surface area contributed by atoms with Crippen molar-refractivity contribution in [2.75, 3.05) is 11.9 Å². The van der Waals surface area contributed by atoms with Crippen molar-refractivity contribution in [3.63, 3.8) is 0 Å². The molecule has 6 heteroatoms. The van der Waals surface area contributed by atoms with Crippen LogP contribution in [0, 0.1) is 5.92 Å². The normalized spacial score (nSPS) is 16.1. The molecule has 27 heavy (non-hydrogen) atoms. The second-order valence-corrected chi connectivity index (χ2v) is 7.85. The highest BCUT2D eigenvalue weighted by molar-refractivity contribution is 7.17. The Kier molecular flexibility index (Phi) is 5.96. The fourth-order valence-electron chi connectivity index (χ4n) is 3.27. The van der Waals surface area contributed by atoms with Crippen molar-refractivity contribution in [2.45, 2.75) is 33.1 Å². The summed E-state index contributed by atoms with van der Waals surface area (Å²) in [4.78, 5) is 25.4. The monoisotopic (exact) mass is 384 g/mol. The molecular formula is C21H24N2O3S. The number of benzene rings is 1. The first-order chi connectivity index (χ1) is 13.0. The molecule has 0 saturated heterocycles. The Morgan fingerprint density at radius 1 is 1.33 bits per heavy atom. The Balaban J connectivity index is 1.73. The minimum atomic E-state index is -0.479. The van der Waals surface area contributed by atoms with E-state index in [4.69, 9.17) is 10.5 Å². The number of rotatable bonds is 6. The zero-order chi connectivity index (χ0) is 19.4. The third-order valence-electron chi connectivity index (χ3n) is 4.61. The van der Waals surface area contributed by atoms with Gasteiger partial charge in [-0.1, -0.05) is 19.1 Å². The highest BCUT2D eigenvalue weighted by Gasteiger charge is 2.26. The minimum absolute atomic E-state index is 0.280. The van der Waals surface area contributed by atoms with E-state index in [1.807, 2.05) is 31.2 Å². The van der Waals surface area contributed by atoms with Gasteiger partial charge in [0.2, 0.25) is 5.91 Å². The van der Waals surface area contributed by atoms with Gasteiger partial charge in [-0.2, -0.15) is 0 Å². The van der Waals surface area contributed by atoms with E-state index in [-0.39, 0.29) is 5.91 Å². The molecule has 2 aromatic rings. The predicted octanol–water partition coefficient (Wildman–Crippen LogP) is 4.02. The van der Waals surface area contributed by atoms with Crippen LogP contribution in [0.15, 0.2) is 30.3 Å². The quantitative estimate of drug-likeness (QED) is 0.738. The number of ether oxygens (including phenoxy) is 1. The lowest BCUT2D eigenvalue weighted by Crippen LogP contribution is -2.18. The molecule has 0 aliphatic heterocycles. The van der Waals surface area contributed by atoms with E-state index in [1.165, 1.54) is 17.4 Å². The van der Waals surface area contributed by atoms with Crippen LogP contribution in [0.1, 0.15) is 46.6 Å². The molecule has 3 rings (SSSR count). The molecule has 1 aliphatic rings. The molecule has 1 aromatic carbocycles. The van der Waals surface area contributed by atoms with Crippen LogP contribution < -0.4 is 15.8 Å². The minimum Gasteiger partial charge on any atom is -0.494 e. The van der Waals surface area contributed by atoms with Gasteiger partial charge in [0.25, 0.3) is 5.91 Å². The Morgan fingerprint density at radius 2 is 2.07 bits per heavy atom. The molecule has 0 unspecified atom stereocenters. The molecule has 0 saturated carbocycles. The Hall–Kier alpha value is -2.60. The lowest BCUT2D eigenvalue weighted by molar-refractivity contribution is -0.111. The van der Waals surface area contributed by atoms with Crippen molar-refractivity contribution in [1.29, 1.82) is 0 Å². The third-order valence-corrected chi connectivity index (χ3v) is 5.78. The summed E-state index contributed by atoms with van der Waals surface area (Å²) < 4.78 is 5.40. The highest BCUT2D eigenvalue weighted by atomic mass is 32.1. The summed E-state index contributed by atoms with van der Waals surface area (Å²) in [6, 6.07) is 7.49. The third kappa shape index (κ3) is 4.57. The summed E-state index contributed by atoms with van der Waals surface area (Å²) in [6.07, 6.45) is 5.99. The number of hydrogen-bond donors (Lipinski definition) is 2. The molecule has 0 fully saturated rings. The molecule has 1 aliphatic carbocycles. The van der Waals surface area contributed by atoms with Gasteiger partial charge in [0.15, 0.2) is 0 Å². The number of amides is 2. The standard InChI is InChI=1S/C21H24N2O3S/c1-3-26-15-8-5-14(6-9-15)7-11-18(24)23-21-19(20(22)25)16-10-4-13(2)12-17(16)27-21/h5-9,11,13H,3-4,10,12H2,1-2H3,(H2,22,25)(H,23,24)/b11-7+/t13-/m0/s1. The van der Waals surface area contributed by atoms with Crippen molar-refractivity contribution in [3.8, 4) is 5.75 Å². The molecule has 0 spiro atoms. The predicted molar refractivity (Wildman–Crippen MR) is 109 cm³/mol. The van der Waals surface area contributed by atoms with Gasteiger partial charge in [-0.05, 0) is 61.4 Å². The molecule has 0 bridgehead atoms. The van der Waals surface area contributed by atoms with Gasteiger partial charge in [-0.15, -0.1) is 11.3 Å². The number of hydrogen-bond acceptors (Lipinski definition) is 4. The summed E-state index contributed by atoms with van der Waals surface area (Å²) >= 11 is 1.47. The Bertz CT molecular complexity index is 868. The first kappa shape index (κ1) is 19.2. The summed E-state index contributed by atoms with van der Waals surface area (Å²) in [5, 5.41) is 3.39. The van der Waals surface area contributed by atoms with E-state index in [0.717, 1.165) is 41.0 Å². The van der Waals surface area contributed by atoms with E-state index >= 15 is 0 Å². The van der Waals surface area contributed by atoms with Gasteiger partial charge < -0.3 is 15.8 Å². The van der Waals surface area contributed by atoms with Crippen molar-refractivity contribution in [2.24, 2.45) is 11.7 Å². The van der Waals surface area contributed by atoms with Crippen LogP contribution in [0.4, 0.5) is 5.00 Å². The smallest absolute Gasteiger partial charge is 0.251 e. The van der Waals surface area contributed by atoms with Crippen LogP contribution in [0.3, 0.4) is 0 Å². The van der Waals surface area contributed by atoms with Crippen molar-refractivity contribution >= 4 is 34.2 Å². The summed E-state index contributed by atoms with van der Waals surface area (Å²) in [7, 11) is 0. The first-order valence-electron chi connectivity index (χ1n) is 9.14. The molecule has 142 valence electrons. The van der Waals surface area contributed by atoms with Gasteiger partial charge in [-0.25, -0.2) is 0 Å². The second-order valence-electron chi connectivity index (χ2n) is 6.74. The maximum absolute atomic E-state index is 12.3. The zero-order valence-corrected chi connectivity index (χ0v) is 16.4. The molecule has 1 atom stereocenters. The fourth-order valence-corrected chi connectivity index (χ4v) is 4.69. The maximum Gasteiger partial charge on any atom is 0.251 e. The topological polar surface area (TPSA) is 81.4 Å². The van der Waals surface area contributed by atoms with Gasteiger partial charge in [0.1, 0.15) is 10.8 Å². The molecule has 1 heterocycles. The highest BCUT2D eigenvalue weighted by Crippen LogP contribution is 2.39. The van der Waals surface area contributed by atoms with Gasteiger partial charge in [0, 0.05) is 11.0 Å². The number of thiophene rings is 1. The van der Waals surface area contributed by atoms with Gasteiger partial charge in [0.05, 0.1) is 12.2 Å². The Morgan fingerprint density at radius 3 is 2.74 bits per heavy atom. The average Bonchev–Trinajstić information content (AvgIpc) is 2.98. The number of nitrogens with one attached hydrogen (secondary N) is 1. The molecule has 1 aromatic heterocycles. The van der Waals surface area contributed by atoms with E-state index in [2.05, 4.69) is 12.2 Å². The molecule has 2 amide bonds. The lowest BCUT2D eigenvalue weighted by Gasteiger charge is -2.18. The second kappa shape index (κ2) is 8.39. The number of fused-ring (bicyclic) bond motifs is 1. The average molecular weight is 385 g/mol. The van der Waals surface area contributed by atoms with E-state index in [1.54, 1.807) is 6.08 Å². The number of carbonyl (C=O) groups is 2. The summed E-state index contributed by atoms with van der Waals surface area (Å²) in [5.74, 6) is 0.620. The van der Waals surface area contributed by atoms with Crippen LogP contribution in [0.5, 0.6) is 5.75 Å². The summed E-state index contributed by atoms with van der Waals surface area (Å²) in [6.45, 7) is 4.75. The van der Waals surface area contributed by atoms with Gasteiger partial charge in [-0.3, -0.25) is 9.59 Å². The van der Waals surface area contributed by atoms with Crippen LogP contribution in [0.2, 0.25) is 0 Å². The number of primary amides is 1. The number of carbonyl (C=O) groups excluding carboxylic acids is 2. The first-order valence-corrected chi connectivity index (χ1v) is 9.95. The molecule has 5 nitrogen and oxygen atoms in total. The van der Waals surface area contributed by atoms with Gasteiger partial charge >= 0.3 is 0 Å². The number of anilines is 1. The van der Waals surface area contributed by atoms with Crippen molar-refractivity contribution in [1.82, 2.24) is 0 Å². The van der Waals surface area contributed by atoms with E-state index < -0.39 is 5.91 Å². The zero-order valence-electron chi connectivity index (χ0n) is 15.6. The molecular weight excluding hydrogens is 360 g/mol. The largest absolute Gasteiger partial charge is 0.494 e. The van der Waals surface area contributed by atoms with Crippen molar-refractivity contribution < 1.29 is 14.3 Å². The fraction of sp³-hybridized carbons (Fsp3) is 0.333. The van der Waals surface area contributed by atoms with Crippen molar-refractivity contribution in [3.05, 3.63) is 51.9 Å². The molecule has 3 N–H and O–H groups in total. The Labute approximate surface area is 163 Å². The van der Waals surface area contributed by atoms with Crippen LogP contribution in [-0.2, 0) is 17.6 Å². The SMILES string of the molecule is CCOc1ccc(/C=C/C(=O)Nc2sc3c(c2C(N)=O)CC[C@H](C)C3)cc1. The van der Waals surface area contributed by atoms with Crippen LogP contribution >= 0.6 is 11.3 Å². The lowest BCUT2D eigenvalue weighted by atomic mass is 9.88. The van der Waals surface area contributed by atoms with E-state index in [0.29, 0.717) is 23.1 Å². The summed E-state index contributed by atoms with van der Waals surface area (Å²) in [5.41, 5.74) is 7.96. The van der Waals surface area contributed by atoms with Crippen LogP contribution in [-0.4, -0.2) is 18.4 Å². The maximum atomic E-state index is 12.3. The number of nitrogens with two attached hydrogens (primary N) is 1. The van der Waals surface area contributed by atoms with Crippen LogP contribution in [0.25, 0.3) is 6.08 Å².